The SMILES string of the molecule is Nc1cc(F)cc(C(=O)Nc2ccnc(Cl)n2)c1. The lowest BCUT2D eigenvalue weighted by Crippen LogP contribution is -2.13. The second-order valence-corrected chi connectivity index (χ2v) is 3.78. The molecule has 5 nitrogen and oxygen atoms in total. The lowest BCUT2D eigenvalue weighted by atomic mass is 10.2. The Kier molecular flexibility index (Phi) is 3.38. The zero-order valence-corrected chi connectivity index (χ0v) is 9.78. The maximum atomic E-state index is 13.1. The summed E-state index contributed by atoms with van der Waals surface area (Å²) in [5.41, 5.74) is 5.71. The van der Waals surface area contributed by atoms with Gasteiger partial charge in [0.2, 0.25) is 5.28 Å². The third-order valence-electron chi connectivity index (χ3n) is 2.05. The number of nitrogen functional groups attached to an aromatic ring is 1. The topological polar surface area (TPSA) is 80.9 Å². The lowest BCUT2D eigenvalue weighted by molar-refractivity contribution is 0.102. The van der Waals surface area contributed by atoms with Crippen LogP contribution in [0.4, 0.5) is 15.9 Å². The Bertz CT molecular complexity index is 585. The third kappa shape index (κ3) is 2.92. The van der Waals surface area contributed by atoms with Gasteiger partial charge >= 0.3 is 0 Å². The third-order valence-corrected chi connectivity index (χ3v) is 2.23. The number of hydrogen-bond donors (Lipinski definition) is 2. The number of rotatable bonds is 2. The molecule has 3 N–H and O–H groups in total. The maximum Gasteiger partial charge on any atom is 0.256 e. The number of nitrogens with two attached hydrogens (primary N) is 1. The molecule has 0 unspecified atom stereocenters. The number of benzene rings is 1. The van der Waals surface area contributed by atoms with E-state index in [1.54, 1.807) is 0 Å². The lowest BCUT2D eigenvalue weighted by Gasteiger charge is -2.05. The Labute approximate surface area is 107 Å². The fourth-order valence-corrected chi connectivity index (χ4v) is 1.48. The van der Waals surface area contributed by atoms with Gasteiger partial charge in [-0.25, -0.2) is 14.4 Å². The summed E-state index contributed by atoms with van der Waals surface area (Å²) in [5.74, 6) is -0.889. The summed E-state index contributed by atoms with van der Waals surface area (Å²) in [6.45, 7) is 0. The van der Waals surface area contributed by atoms with Crippen molar-refractivity contribution in [2.75, 3.05) is 11.1 Å². The highest BCUT2D eigenvalue weighted by Gasteiger charge is 2.09. The van der Waals surface area contributed by atoms with Gasteiger partial charge in [-0.15, -0.1) is 0 Å². The van der Waals surface area contributed by atoms with Crippen molar-refractivity contribution in [2.45, 2.75) is 0 Å². The number of carbonyl (C=O) groups is 1. The molecular formula is C11H8ClFN4O. The van der Waals surface area contributed by atoms with Crippen LogP contribution in [0.15, 0.2) is 30.5 Å². The van der Waals surface area contributed by atoms with Crippen LogP contribution in [0.5, 0.6) is 0 Å². The predicted octanol–water partition coefficient (Wildman–Crippen LogP) is 2.10. The van der Waals surface area contributed by atoms with Crippen molar-refractivity contribution < 1.29 is 9.18 Å². The van der Waals surface area contributed by atoms with Crippen molar-refractivity contribution >= 4 is 29.0 Å². The molecule has 0 aliphatic carbocycles. The van der Waals surface area contributed by atoms with Crippen LogP contribution in [-0.4, -0.2) is 15.9 Å². The number of aromatic nitrogens is 2. The highest BCUT2D eigenvalue weighted by atomic mass is 35.5. The number of nitrogens with one attached hydrogen (secondary N) is 1. The first-order chi connectivity index (χ1) is 8.54. The maximum absolute atomic E-state index is 13.1. The molecule has 0 fully saturated rings. The van der Waals surface area contributed by atoms with Gasteiger partial charge in [0.05, 0.1) is 0 Å². The van der Waals surface area contributed by atoms with Crippen molar-refractivity contribution in [1.82, 2.24) is 9.97 Å². The van der Waals surface area contributed by atoms with E-state index in [-0.39, 0.29) is 22.4 Å². The quantitative estimate of drug-likeness (QED) is 0.644. The molecule has 18 heavy (non-hydrogen) atoms. The van der Waals surface area contributed by atoms with Crippen LogP contribution in [0.2, 0.25) is 5.28 Å². The van der Waals surface area contributed by atoms with E-state index in [0.29, 0.717) is 0 Å². The first-order valence-electron chi connectivity index (χ1n) is 4.90. The molecule has 0 spiro atoms. The second kappa shape index (κ2) is 4.97. The Morgan fingerprint density at radius 2 is 2.17 bits per heavy atom. The molecule has 0 saturated carbocycles. The standard InChI is InChI=1S/C11H8ClFN4O/c12-11-15-2-1-9(17-11)16-10(18)6-3-7(13)5-8(14)4-6/h1-5H,14H2,(H,15,16,17,18). The van der Waals surface area contributed by atoms with E-state index in [2.05, 4.69) is 15.3 Å². The zero-order chi connectivity index (χ0) is 13.1. The summed E-state index contributed by atoms with van der Waals surface area (Å²) in [5, 5.41) is 2.46. The van der Waals surface area contributed by atoms with Crippen LogP contribution in [0, 0.1) is 5.82 Å². The number of hydrogen-bond acceptors (Lipinski definition) is 4. The highest BCUT2D eigenvalue weighted by Crippen LogP contribution is 2.13. The minimum Gasteiger partial charge on any atom is -0.399 e. The highest BCUT2D eigenvalue weighted by molar-refractivity contribution is 6.28. The largest absolute Gasteiger partial charge is 0.399 e. The number of carbonyl (C=O) groups excluding carboxylic acids is 1. The summed E-state index contributed by atoms with van der Waals surface area (Å²) in [6.07, 6.45) is 1.39. The molecule has 1 aromatic heterocycles. The Morgan fingerprint density at radius 3 is 2.83 bits per heavy atom. The van der Waals surface area contributed by atoms with Gasteiger partial charge < -0.3 is 11.1 Å². The van der Waals surface area contributed by atoms with E-state index < -0.39 is 11.7 Å². The van der Waals surface area contributed by atoms with Crippen LogP contribution >= 0.6 is 11.6 Å². The Hall–Kier alpha value is -2.21. The van der Waals surface area contributed by atoms with Gasteiger partial charge in [-0.3, -0.25) is 4.79 Å². The molecule has 2 rings (SSSR count). The van der Waals surface area contributed by atoms with Crippen molar-refractivity contribution in [1.29, 1.82) is 0 Å². The van der Waals surface area contributed by atoms with Gasteiger partial charge in [-0.05, 0) is 35.9 Å². The monoisotopic (exact) mass is 266 g/mol. The number of halogens is 2. The summed E-state index contributed by atoms with van der Waals surface area (Å²) >= 11 is 5.57. The summed E-state index contributed by atoms with van der Waals surface area (Å²) in [6, 6.07) is 5.03. The van der Waals surface area contributed by atoms with Crippen molar-refractivity contribution in [3.63, 3.8) is 0 Å². The average Bonchev–Trinajstić information content (AvgIpc) is 2.27. The van der Waals surface area contributed by atoms with E-state index in [1.807, 2.05) is 0 Å². The predicted molar refractivity (Wildman–Crippen MR) is 65.8 cm³/mol. The molecule has 0 aliphatic rings. The van der Waals surface area contributed by atoms with Crippen LogP contribution in [0.3, 0.4) is 0 Å². The van der Waals surface area contributed by atoms with Crippen LogP contribution in [0.1, 0.15) is 10.4 Å². The number of nitrogens with zero attached hydrogens (tertiary/aromatic N) is 2. The van der Waals surface area contributed by atoms with E-state index in [0.717, 1.165) is 12.1 Å². The number of amides is 1. The van der Waals surface area contributed by atoms with E-state index >= 15 is 0 Å². The fourth-order valence-electron chi connectivity index (χ4n) is 1.34. The molecule has 0 saturated heterocycles. The first-order valence-corrected chi connectivity index (χ1v) is 5.28. The van der Waals surface area contributed by atoms with Crippen molar-refractivity contribution in [3.8, 4) is 0 Å². The van der Waals surface area contributed by atoms with Crippen LogP contribution < -0.4 is 11.1 Å². The smallest absolute Gasteiger partial charge is 0.256 e. The van der Waals surface area contributed by atoms with Gasteiger partial charge in [0.25, 0.3) is 5.91 Å². The molecular weight excluding hydrogens is 259 g/mol. The van der Waals surface area contributed by atoms with Crippen molar-refractivity contribution in [3.05, 3.63) is 47.1 Å². The molecule has 0 radical (unpaired) electrons. The molecule has 0 bridgehead atoms. The summed E-state index contributed by atoms with van der Waals surface area (Å²) < 4.78 is 13.1. The van der Waals surface area contributed by atoms with Crippen LogP contribution in [0.25, 0.3) is 0 Å². The minimum absolute atomic E-state index is 0.00607. The molecule has 92 valence electrons. The Morgan fingerprint density at radius 1 is 1.39 bits per heavy atom. The Balaban J connectivity index is 2.22. The average molecular weight is 267 g/mol. The normalized spacial score (nSPS) is 10.1. The van der Waals surface area contributed by atoms with Crippen LogP contribution in [-0.2, 0) is 0 Å². The van der Waals surface area contributed by atoms with Gasteiger partial charge in [-0.2, -0.15) is 0 Å². The molecule has 0 atom stereocenters. The molecule has 1 heterocycles. The number of anilines is 2. The zero-order valence-electron chi connectivity index (χ0n) is 9.02. The van der Waals surface area contributed by atoms with Crippen molar-refractivity contribution in [2.24, 2.45) is 0 Å². The van der Waals surface area contributed by atoms with Gasteiger partial charge in [0.15, 0.2) is 0 Å². The molecule has 2 aromatic rings. The fraction of sp³-hybridized carbons (Fsp3) is 0. The molecule has 1 amide bonds. The second-order valence-electron chi connectivity index (χ2n) is 3.44. The van der Waals surface area contributed by atoms with Gasteiger partial charge in [0.1, 0.15) is 11.6 Å². The van der Waals surface area contributed by atoms with Gasteiger partial charge in [0, 0.05) is 17.4 Å². The van der Waals surface area contributed by atoms with E-state index in [1.165, 1.54) is 18.3 Å². The molecule has 0 aliphatic heterocycles. The molecule has 7 heteroatoms. The van der Waals surface area contributed by atoms with Gasteiger partial charge in [-0.1, -0.05) is 0 Å². The summed E-state index contributed by atoms with van der Waals surface area (Å²) in [7, 11) is 0. The summed E-state index contributed by atoms with van der Waals surface area (Å²) in [4.78, 5) is 19.2. The minimum atomic E-state index is -0.583. The molecule has 1 aromatic carbocycles. The van der Waals surface area contributed by atoms with E-state index in [4.69, 9.17) is 17.3 Å². The van der Waals surface area contributed by atoms with E-state index in [9.17, 15) is 9.18 Å². The first kappa shape index (κ1) is 12.3.